The number of aryl methyl sites for hydroxylation is 2. The van der Waals surface area contributed by atoms with Crippen LogP contribution in [0.25, 0.3) is 0 Å². The van der Waals surface area contributed by atoms with Crippen LogP contribution in [0.2, 0.25) is 0 Å². The molecular formula is C50H54B2N4. The molecule has 0 aliphatic rings. The molecule has 0 unspecified atom stereocenters. The molecule has 0 aliphatic heterocycles. The van der Waals surface area contributed by atoms with Gasteiger partial charge in [-0.3, -0.25) is 0 Å². The van der Waals surface area contributed by atoms with Crippen molar-refractivity contribution in [1.29, 1.82) is 0 Å². The Morgan fingerprint density at radius 1 is 0.357 bits per heavy atom. The molecule has 8 rings (SSSR count). The van der Waals surface area contributed by atoms with E-state index in [1.54, 1.807) is 0 Å². The Hall–Kier alpha value is -6.13. The quantitative estimate of drug-likeness (QED) is 0.119. The number of unbranched alkanes of at least 4 members (excludes halogenated alkanes) is 2. The van der Waals surface area contributed by atoms with Crippen molar-refractivity contribution in [3.8, 4) is 0 Å². The van der Waals surface area contributed by atoms with E-state index in [1.807, 2.05) is 0 Å². The number of aromatic nitrogens is 4. The number of nitrogens with zero attached hydrogens (tertiary/aromatic N) is 4. The first kappa shape index (κ1) is 38.2. The van der Waals surface area contributed by atoms with Gasteiger partial charge in [-0.05, 0) is 12.8 Å². The van der Waals surface area contributed by atoms with Crippen molar-refractivity contribution in [2.75, 3.05) is 0 Å². The van der Waals surface area contributed by atoms with E-state index in [0.717, 1.165) is 13.1 Å². The van der Waals surface area contributed by atoms with Crippen LogP contribution in [-0.4, -0.2) is 21.7 Å². The monoisotopic (exact) mass is 732 g/mol. The Kier molecular flexibility index (Phi) is 12.6. The van der Waals surface area contributed by atoms with Crippen LogP contribution in [0, 0.1) is 0 Å². The number of hydrogen-bond donors (Lipinski definition) is 0. The van der Waals surface area contributed by atoms with E-state index in [-0.39, 0.29) is 0 Å². The molecule has 0 fully saturated rings. The van der Waals surface area contributed by atoms with Gasteiger partial charge in [-0.15, -0.1) is 0 Å². The molecule has 0 atom stereocenters. The second kappa shape index (κ2) is 18.5. The fourth-order valence-corrected chi connectivity index (χ4v) is 8.80. The molecular weight excluding hydrogens is 678 g/mol. The number of benzene rings is 6. The normalized spacial score (nSPS) is 11.5. The third-order valence-corrected chi connectivity index (χ3v) is 11.5. The minimum atomic E-state index is -1.32. The van der Waals surface area contributed by atoms with Gasteiger partial charge in [0.1, 0.15) is 12.4 Å². The Morgan fingerprint density at radius 3 is 0.804 bits per heavy atom. The van der Waals surface area contributed by atoms with E-state index < -0.39 is 12.6 Å². The van der Waals surface area contributed by atoms with Crippen LogP contribution in [0.1, 0.15) is 39.5 Å². The van der Waals surface area contributed by atoms with Crippen LogP contribution in [0.15, 0.2) is 219 Å². The zero-order valence-electron chi connectivity index (χ0n) is 33.0. The van der Waals surface area contributed by atoms with Crippen LogP contribution >= 0.6 is 0 Å². The van der Waals surface area contributed by atoms with Gasteiger partial charge in [0, 0.05) is 0 Å². The van der Waals surface area contributed by atoms with Crippen molar-refractivity contribution in [2.45, 2.75) is 52.6 Å². The van der Waals surface area contributed by atoms with Crippen molar-refractivity contribution in [2.24, 2.45) is 0 Å². The molecule has 2 aromatic heterocycles. The first-order valence-electron chi connectivity index (χ1n) is 20.5. The molecule has 6 aromatic carbocycles. The Morgan fingerprint density at radius 2 is 0.589 bits per heavy atom. The minimum Gasteiger partial charge on any atom is -0.422 e. The highest BCUT2D eigenvalue weighted by Crippen LogP contribution is 2.08. The van der Waals surface area contributed by atoms with Gasteiger partial charge >= 0.3 is 0 Å². The number of hydrogen-bond acceptors (Lipinski definition) is 0. The van der Waals surface area contributed by atoms with Gasteiger partial charge in [-0.2, -0.15) is 32.8 Å². The summed E-state index contributed by atoms with van der Waals surface area (Å²) in [4.78, 5) is 0. The molecule has 0 bridgehead atoms. The Balaban J connectivity index is 0.000000172. The van der Waals surface area contributed by atoms with Gasteiger partial charge < -0.3 is 8.96 Å². The highest BCUT2D eigenvalue weighted by molar-refractivity contribution is 7.06. The molecule has 0 saturated heterocycles. The zero-order valence-corrected chi connectivity index (χ0v) is 33.0. The summed E-state index contributed by atoms with van der Waals surface area (Å²) in [5.41, 5.74) is 7.91. The van der Waals surface area contributed by atoms with Gasteiger partial charge in [0.25, 0.3) is 12.6 Å². The summed E-state index contributed by atoms with van der Waals surface area (Å²) in [5.74, 6) is 0. The fraction of sp³-hybridized carbons (Fsp3) is 0.160. The van der Waals surface area contributed by atoms with Crippen LogP contribution < -0.4 is 41.7 Å². The molecule has 0 spiro atoms. The summed E-state index contributed by atoms with van der Waals surface area (Å²) in [6.07, 6.45) is 15.6. The molecule has 0 saturated carbocycles. The Bertz CT molecular complexity index is 1960. The van der Waals surface area contributed by atoms with Gasteiger partial charge in [0.05, 0.1) is 25.5 Å². The van der Waals surface area contributed by atoms with Crippen LogP contribution in [0.5, 0.6) is 0 Å². The van der Waals surface area contributed by atoms with E-state index in [1.165, 1.54) is 58.5 Å². The predicted molar refractivity (Wildman–Crippen MR) is 238 cm³/mol. The van der Waals surface area contributed by atoms with Crippen molar-refractivity contribution < 1.29 is 8.96 Å². The van der Waals surface area contributed by atoms with E-state index >= 15 is 0 Å². The molecule has 4 nitrogen and oxygen atoms in total. The average Bonchev–Trinajstić information content (AvgIpc) is 3.96. The third-order valence-electron chi connectivity index (χ3n) is 11.5. The molecule has 2 heterocycles. The van der Waals surface area contributed by atoms with Crippen LogP contribution in [0.4, 0.5) is 0 Å². The van der Waals surface area contributed by atoms with Crippen molar-refractivity contribution >= 4 is 45.3 Å². The van der Waals surface area contributed by atoms with Gasteiger partial charge in [-0.1, -0.05) is 209 Å². The maximum absolute atomic E-state index is 2.43. The highest BCUT2D eigenvalue weighted by atomic mass is 15.1. The summed E-state index contributed by atoms with van der Waals surface area (Å²) in [6, 6.07) is 65.4. The molecule has 56 heavy (non-hydrogen) atoms. The maximum Gasteiger partial charge on any atom is 0.271 e. The summed E-state index contributed by atoms with van der Waals surface area (Å²) in [6.45, 7) is 6.58. The standard InChI is InChI=1S/2C25H27BN2/c2*1-2-3-19-27-20-21-28(22-27)26(23-13-7-4-8-14-23,24-15-9-5-10-16-24)25-17-11-6-12-18-25/h2*4-18,20-22H,2-3,19H2,1H3. The summed E-state index contributed by atoms with van der Waals surface area (Å²) in [7, 11) is 0. The Labute approximate surface area is 334 Å². The van der Waals surface area contributed by atoms with Gasteiger partial charge in [0.2, 0.25) is 0 Å². The highest BCUT2D eigenvalue weighted by Gasteiger charge is 2.39. The lowest BCUT2D eigenvalue weighted by Gasteiger charge is -2.39. The first-order chi connectivity index (χ1) is 27.7. The summed E-state index contributed by atoms with van der Waals surface area (Å²) < 4.78 is 9.48. The fourth-order valence-electron chi connectivity index (χ4n) is 8.80. The summed E-state index contributed by atoms with van der Waals surface area (Å²) in [5, 5.41) is 0. The van der Waals surface area contributed by atoms with E-state index in [4.69, 9.17) is 0 Å². The molecule has 6 heteroatoms. The molecule has 280 valence electrons. The SMILES string of the molecule is CCCCn1cc[n+]([B-](c2ccccc2)(c2ccccc2)c2ccccc2)c1.CCCCn1cc[n+]([B-](c2ccccc2)(c2ccccc2)c2ccccc2)c1. The maximum atomic E-state index is 2.43. The molecule has 0 N–H and O–H groups in total. The third kappa shape index (κ3) is 7.83. The summed E-state index contributed by atoms with van der Waals surface area (Å²) >= 11 is 0. The molecule has 0 radical (unpaired) electrons. The molecule has 8 aromatic rings. The van der Waals surface area contributed by atoms with Gasteiger partial charge in [-0.25, -0.2) is 9.13 Å². The van der Waals surface area contributed by atoms with E-state index in [0.29, 0.717) is 0 Å². The van der Waals surface area contributed by atoms with Crippen LogP contribution in [-0.2, 0) is 13.1 Å². The zero-order chi connectivity index (χ0) is 38.5. The second-order valence-corrected chi connectivity index (χ2v) is 15.0. The lowest BCUT2D eigenvalue weighted by atomic mass is 9.24. The second-order valence-electron chi connectivity index (χ2n) is 15.0. The average molecular weight is 733 g/mol. The first-order valence-corrected chi connectivity index (χ1v) is 20.5. The molecule has 0 amide bonds. The number of imidazole rings is 2. The smallest absolute Gasteiger partial charge is 0.271 e. The lowest BCUT2D eigenvalue weighted by Crippen LogP contribution is -2.84. The lowest BCUT2D eigenvalue weighted by molar-refractivity contribution is -0.539. The van der Waals surface area contributed by atoms with E-state index in [9.17, 15) is 0 Å². The van der Waals surface area contributed by atoms with Crippen molar-refractivity contribution in [3.63, 3.8) is 0 Å². The largest absolute Gasteiger partial charge is 0.422 e. The molecule has 0 aliphatic carbocycles. The number of rotatable bonds is 14. The van der Waals surface area contributed by atoms with Crippen LogP contribution in [0.3, 0.4) is 0 Å². The van der Waals surface area contributed by atoms with Crippen molar-refractivity contribution in [1.82, 2.24) is 9.13 Å². The van der Waals surface area contributed by atoms with Crippen molar-refractivity contribution in [3.05, 3.63) is 219 Å². The van der Waals surface area contributed by atoms with E-state index in [2.05, 4.69) is 251 Å². The topological polar surface area (TPSA) is 17.6 Å². The van der Waals surface area contributed by atoms with Gasteiger partial charge in [0.15, 0.2) is 12.7 Å². The predicted octanol–water partition coefficient (Wildman–Crippen LogP) is 6.18. The minimum absolute atomic E-state index is 1.05.